The quantitative estimate of drug-likeness (QED) is 0.295. The molecule has 2 unspecified atom stereocenters. The van der Waals surface area contributed by atoms with Crippen LogP contribution in [-0.4, -0.2) is 41.2 Å². The summed E-state index contributed by atoms with van der Waals surface area (Å²) < 4.78 is 42.0. The maximum atomic E-state index is 14.0. The first-order valence-corrected chi connectivity index (χ1v) is 13.6. The van der Waals surface area contributed by atoms with Gasteiger partial charge in [-0.25, -0.2) is 0 Å². The van der Waals surface area contributed by atoms with Crippen LogP contribution in [0.15, 0.2) is 88.9 Å². The molecule has 2 atom stereocenters. The van der Waals surface area contributed by atoms with Crippen LogP contribution < -0.4 is 5.56 Å². The fourth-order valence-electron chi connectivity index (χ4n) is 5.56. The molecular formula is C33H37F3N2O2. The lowest BCUT2D eigenvalue weighted by Crippen LogP contribution is -2.42. The highest BCUT2D eigenvalue weighted by Crippen LogP contribution is 2.44. The molecule has 4 rings (SSSR count). The van der Waals surface area contributed by atoms with Crippen LogP contribution in [0.4, 0.5) is 13.2 Å². The van der Waals surface area contributed by atoms with Crippen LogP contribution in [0.25, 0.3) is 11.1 Å². The van der Waals surface area contributed by atoms with Gasteiger partial charge in [0, 0.05) is 30.6 Å². The molecule has 3 aromatic rings. The van der Waals surface area contributed by atoms with Crippen molar-refractivity contribution in [3.05, 3.63) is 117 Å². The maximum Gasteiger partial charge on any atom is 0.416 e. The SMILES string of the molecule is CC1=C(CC(O)(CCN(C)C)C(c2cc(C)cc(C(F)(F)F)c2)c2cc(-c3ccccc3)c[nH]c2=O)C=CCC1. The van der Waals surface area contributed by atoms with E-state index >= 15 is 0 Å². The summed E-state index contributed by atoms with van der Waals surface area (Å²) in [7, 11) is 3.77. The van der Waals surface area contributed by atoms with E-state index in [1.807, 2.05) is 62.3 Å². The molecule has 0 spiro atoms. The maximum absolute atomic E-state index is 14.0. The summed E-state index contributed by atoms with van der Waals surface area (Å²) in [4.78, 5) is 18.2. The van der Waals surface area contributed by atoms with Crippen LogP contribution in [0.3, 0.4) is 0 Å². The second-order valence-electron chi connectivity index (χ2n) is 11.2. The number of hydrogen-bond acceptors (Lipinski definition) is 3. The molecule has 0 fully saturated rings. The smallest absolute Gasteiger partial charge is 0.389 e. The fourth-order valence-corrected chi connectivity index (χ4v) is 5.56. The second kappa shape index (κ2) is 12.0. The van der Waals surface area contributed by atoms with Crippen molar-refractivity contribution in [2.75, 3.05) is 20.6 Å². The molecule has 40 heavy (non-hydrogen) atoms. The Bertz CT molecular complexity index is 1450. The Labute approximate surface area is 233 Å². The predicted octanol–water partition coefficient (Wildman–Crippen LogP) is 7.24. The van der Waals surface area contributed by atoms with Crippen molar-refractivity contribution >= 4 is 0 Å². The molecule has 0 saturated carbocycles. The second-order valence-corrected chi connectivity index (χ2v) is 11.2. The zero-order valence-corrected chi connectivity index (χ0v) is 23.5. The first kappa shape index (κ1) is 29.6. The number of benzene rings is 2. The molecular weight excluding hydrogens is 513 g/mol. The molecule has 0 aliphatic heterocycles. The first-order chi connectivity index (χ1) is 18.9. The molecule has 1 aliphatic rings. The topological polar surface area (TPSA) is 56.3 Å². The van der Waals surface area contributed by atoms with E-state index in [2.05, 4.69) is 11.1 Å². The zero-order valence-electron chi connectivity index (χ0n) is 23.5. The van der Waals surface area contributed by atoms with Crippen molar-refractivity contribution in [3.8, 4) is 11.1 Å². The van der Waals surface area contributed by atoms with Crippen molar-refractivity contribution in [2.45, 2.75) is 57.2 Å². The van der Waals surface area contributed by atoms with E-state index in [4.69, 9.17) is 0 Å². The van der Waals surface area contributed by atoms with E-state index in [1.165, 1.54) is 0 Å². The number of halogens is 3. The summed E-state index contributed by atoms with van der Waals surface area (Å²) in [6.45, 7) is 4.12. The number of aliphatic hydroxyl groups is 1. The Hall–Kier alpha value is -3.42. The highest BCUT2D eigenvalue weighted by Gasteiger charge is 2.42. The number of aromatic nitrogens is 1. The van der Waals surface area contributed by atoms with E-state index < -0.39 is 28.8 Å². The Morgan fingerprint density at radius 1 is 1.02 bits per heavy atom. The van der Waals surface area contributed by atoms with E-state index in [-0.39, 0.29) is 24.0 Å². The van der Waals surface area contributed by atoms with Crippen LogP contribution in [0, 0.1) is 6.92 Å². The minimum Gasteiger partial charge on any atom is -0.389 e. The molecule has 1 aliphatic carbocycles. The van der Waals surface area contributed by atoms with Gasteiger partial charge in [0.05, 0.1) is 11.2 Å². The van der Waals surface area contributed by atoms with E-state index in [9.17, 15) is 23.1 Å². The van der Waals surface area contributed by atoms with Gasteiger partial charge in [-0.1, -0.05) is 59.7 Å². The summed E-state index contributed by atoms with van der Waals surface area (Å²) >= 11 is 0. The summed E-state index contributed by atoms with van der Waals surface area (Å²) in [6.07, 6.45) is 3.30. The van der Waals surface area contributed by atoms with Gasteiger partial charge in [-0.3, -0.25) is 4.79 Å². The molecule has 4 nitrogen and oxygen atoms in total. The number of pyridine rings is 1. The van der Waals surface area contributed by atoms with Crippen molar-refractivity contribution in [1.29, 1.82) is 0 Å². The number of alkyl halides is 3. The van der Waals surface area contributed by atoms with Gasteiger partial charge in [-0.15, -0.1) is 0 Å². The normalized spacial score (nSPS) is 16.3. The van der Waals surface area contributed by atoms with Crippen LogP contribution in [0.1, 0.15) is 60.8 Å². The molecule has 0 amide bonds. The lowest BCUT2D eigenvalue weighted by Gasteiger charge is -2.39. The van der Waals surface area contributed by atoms with Crippen molar-refractivity contribution in [2.24, 2.45) is 0 Å². The third-order valence-electron chi connectivity index (χ3n) is 7.69. The van der Waals surface area contributed by atoms with Gasteiger partial charge in [-0.2, -0.15) is 13.2 Å². The molecule has 1 heterocycles. The van der Waals surface area contributed by atoms with Gasteiger partial charge in [-0.05, 0) is 87.7 Å². The average molecular weight is 551 g/mol. The third kappa shape index (κ3) is 6.83. The van der Waals surface area contributed by atoms with Crippen LogP contribution in [0.2, 0.25) is 0 Å². The van der Waals surface area contributed by atoms with Gasteiger partial charge in [0.15, 0.2) is 0 Å². The van der Waals surface area contributed by atoms with Crippen molar-refractivity contribution < 1.29 is 18.3 Å². The summed E-state index contributed by atoms with van der Waals surface area (Å²) in [5.74, 6) is -1.02. The van der Waals surface area contributed by atoms with Crippen molar-refractivity contribution in [3.63, 3.8) is 0 Å². The average Bonchev–Trinajstić information content (AvgIpc) is 2.90. The van der Waals surface area contributed by atoms with Gasteiger partial charge in [0.25, 0.3) is 5.56 Å². The molecule has 212 valence electrons. The van der Waals surface area contributed by atoms with Crippen LogP contribution in [-0.2, 0) is 6.18 Å². The molecule has 0 bridgehead atoms. The van der Waals surface area contributed by atoms with E-state index in [0.717, 1.165) is 41.7 Å². The minimum absolute atomic E-state index is 0.206. The molecule has 1 aromatic heterocycles. The highest BCUT2D eigenvalue weighted by molar-refractivity contribution is 5.63. The largest absolute Gasteiger partial charge is 0.416 e. The molecule has 0 saturated heterocycles. The lowest BCUT2D eigenvalue weighted by atomic mass is 9.71. The molecule has 2 N–H and O–H groups in total. The predicted molar refractivity (Wildman–Crippen MR) is 154 cm³/mol. The first-order valence-electron chi connectivity index (χ1n) is 13.6. The van der Waals surface area contributed by atoms with E-state index in [1.54, 1.807) is 25.3 Å². The number of nitrogens with one attached hydrogen (secondary N) is 1. The van der Waals surface area contributed by atoms with Crippen LogP contribution >= 0.6 is 0 Å². The number of aromatic amines is 1. The Kier molecular flexibility index (Phi) is 8.86. The summed E-state index contributed by atoms with van der Waals surface area (Å²) in [5.41, 5.74) is 1.78. The zero-order chi connectivity index (χ0) is 29.1. The number of hydrogen-bond donors (Lipinski definition) is 2. The van der Waals surface area contributed by atoms with Gasteiger partial charge in [0.1, 0.15) is 0 Å². The van der Waals surface area contributed by atoms with Gasteiger partial charge in [0.2, 0.25) is 0 Å². The number of H-pyrrole nitrogens is 1. The minimum atomic E-state index is -4.57. The van der Waals surface area contributed by atoms with Crippen molar-refractivity contribution in [1.82, 2.24) is 9.88 Å². The third-order valence-corrected chi connectivity index (χ3v) is 7.69. The highest BCUT2D eigenvalue weighted by atomic mass is 19.4. The Morgan fingerprint density at radius 2 is 1.75 bits per heavy atom. The summed E-state index contributed by atoms with van der Waals surface area (Å²) in [6, 6.07) is 15.0. The summed E-state index contributed by atoms with van der Waals surface area (Å²) in [5, 5.41) is 12.6. The molecule has 2 aromatic carbocycles. The number of rotatable bonds is 9. The molecule has 7 heteroatoms. The van der Waals surface area contributed by atoms with Gasteiger partial charge < -0.3 is 15.0 Å². The van der Waals surface area contributed by atoms with E-state index in [0.29, 0.717) is 17.7 Å². The number of aryl methyl sites for hydroxylation is 1. The standard InChI is InChI=1S/C33H37F3N2O2/c1-22-16-26(18-28(17-22)33(34,35)36)30(29-19-27(21-37-31(29)39)24-11-6-5-7-12-24)32(40,14-15-38(3)4)20-25-13-9-8-10-23(25)2/h5-7,9,11-13,16-19,21,30,40H,8,10,14-15,20H2,1-4H3,(H,37,39). The monoisotopic (exact) mass is 550 g/mol. The van der Waals surface area contributed by atoms with Gasteiger partial charge >= 0.3 is 6.18 Å². The fraction of sp³-hybridized carbons (Fsp3) is 0.364. The lowest BCUT2D eigenvalue weighted by molar-refractivity contribution is -0.137. The van der Waals surface area contributed by atoms with Crippen LogP contribution in [0.5, 0.6) is 0 Å². The number of nitrogens with zero attached hydrogens (tertiary/aromatic N) is 1. The number of allylic oxidation sites excluding steroid dienone is 3. The molecule has 0 radical (unpaired) electrons. The Balaban J connectivity index is 1.99. The Morgan fingerprint density at radius 3 is 2.40 bits per heavy atom.